The first-order chi connectivity index (χ1) is 9.97. The zero-order chi connectivity index (χ0) is 15.4. The first kappa shape index (κ1) is 15.2. The van der Waals surface area contributed by atoms with Gasteiger partial charge in [-0.2, -0.15) is 4.99 Å². The van der Waals surface area contributed by atoms with E-state index in [1.807, 2.05) is 24.3 Å². The molecule has 0 fully saturated rings. The summed E-state index contributed by atoms with van der Waals surface area (Å²) >= 11 is 12.4. The summed E-state index contributed by atoms with van der Waals surface area (Å²) in [5.74, 6) is -0.202. The first-order valence-electron chi connectivity index (χ1n) is 5.95. The van der Waals surface area contributed by atoms with Gasteiger partial charge in [-0.1, -0.05) is 47.5 Å². The van der Waals surface area contributed by atoms with Crippen LogP contribution in [0.2, 0.25) is 10.0 Å². The quantitative estimate of drug-likeness (QED) is 0.585. The van der Waals surface area contributed by atoms with Crippen LogP contribution in [-0.4, -0.2) is 11.9 Å². The van der Waals surface area contributed by atoms with Crippen molar-refractivity contribution in [3.05, 3.63) is 52.5 Å². The van der Waals surface area contributed by atoms with Crippen LogP contribution in [0.3, 0.4) is 0 Å². The van der Waals surface area contributed by atoms with Gasteiger partial charge in [0.25, 0.3) is 0 Å². The number of nitrogens with two attached hydrogens (primary N) is 3. The zero-order valence-corrected chi connectivity index (χ0v) is 12.4. The summed E-state index contributed by atoms with van der Waals surface area (Å²) in [5, 5.41) is 1.12. The van der Waals surface area contributed by atoms with E-state index in [9.17, 15) is 0 Å². The van der Waals surface area contributed by atoms with Crippen LogP contribution < -0.4 is 17.2 Å². The second-order valence-corrected chi connectivity index (χ2v) is 4.97. The molecule has 0 aromatic heterocycles. The van der Waals surface area contributed by atoms with Crippen molar-refractivity contribution in [3.8, 4) is 11.1 Å². The molecule has 7 heteroatoms. The van der Waals surface area contributed by atoms with E-state index in [2.05, 4.69) is 9.98 Å². The maximum Gasteiger partial charge on any atom is 0.223 e. The fourth-order valence-corrected chi connectivity index (χ4v) is 2.28. The Bertz CT molecular complexity index is 721. The van der Waals surface area contributed by atoms with Gasteiger partial charge in [0.15, 0.2) is 5.96 Å². The molecule has 21 heavy (non-hydrogen) atoms. The smallest absolute Gasteiger partial charge is 0.223 e. The lowest BCUT2D eigenvalue weighted by atomic mass is 10.1. The van der Waals surface area contributed by atoms with Crippen molar-refractivity contribution in [1.82, 2.24) is 0 Å². The lowest BCUT2D eigenvalue weighted by molar-refractivity contribution is 1.38. The van der Waals surface area contributed by atoms with Gasteiger partial charge >= 0.3 is 0 Å². The van der Waals surface area contributed by atoms with E-state index in [4.69, 9.17) is 40.4 Å². The fourth-order valence-electron chi connectivity index (χ4n) is 1.76. The number of hydrogen-bond acceptors (Lipinski definition) is 1. The topological polar surface area (TPSA) is 103 Å². The predicted molar refractivity (Wildman–Crippen MR) is 89.0 cm³/mol. The third kappa shape index (κ3) is 3.87. The molecule has 0 bridgehead atoms. The molecular weight excluding hydrogens is 309 g/mol. The zero-order valence-electron chi connectivity index (χ0n) is 10.9. The van der Waals surface area contributed by atoms with E-state index in [1.165, 1.54) is 0 Å². The van der Waals surface area contributed by atoms with Crippen LogP contribution in [0.25, 0.3) is 11.1 Å². The summed E-state index contributed by atoms with van der Waals surface area (Å²) in [6, 6.07) is 12.7. The van der Waals surface area contributed by atoms with E-state index in [1.54, 1.807) is 18.2 Å². The Labute approximate surface area is 132 Å². The minimum atomic E-state index is -0.157. The second-order valence-electron chi connectivity index (χ2n) is 4.15. The van der Waals surface area contributed by atoms with Crippen LogP contribution in [0.15, 0.2) is 52.4 Å². The van der Waals surface area contributed by atoms with E-state index in [0.29, 0.717) is 15.7 Å². The lowest BCUT2D eigenvalue weighted by Crippen LogP contribution is -2.26. The third-order valence-electron chi connectivity index (χ3n) is 2.60. The molecule has 6 N–H and O–H groups in total. The van der Waals surface area contributed by atoms with E-state index >= 15 is 0 Å². The van der Waals surface area contributed by atoms with Crippen molar-refractivity contribution in [2.24, 2.45) is 27.2 Å². The molecule has 0 atom stereocenters. The van der Waals surface area contributed by atoms with Crippen LogP contribution in [0, 0.1) is 0 Å². The summed E-state index contributed by atoms with van der Waals surface area (Å²) < 4.78 is 0. The molecule has 0 unspecified atom stereocenters. The van der Waals surface area contributed by atoms with Crippen molar-refractivity contribution in [3.63, 3.8) is 0 Å². The highest BCUT2D eigenvalue weighted by Gasteiger charge is 2.08. The van der Waals surface area contributed by atoms with Crippen molar-refractivity contribution in [2.75, 3.05) is 0 Å². The maximum atomic E-state index is 6.27. The van der Waals surface area contributed by atoms with Crippen molar-refractivity contribution >= 4 is 40.8 Å². The molecule has 108 valence electrons. The molecule has 0 heterocycles. The third-order valence-corrected chi connectivity index (χ3v) is 3.25. The molecule has 2 aromatic carbocycles. The number of aliphatic imine (C=N–C) groups is 2. The first-order valence-corrected chi connectivity index (χ1v) is 6.71. The summed E-state index contributed by atoms with van der Waals surface area (Å²) in [5.41, 5.74) is 18.2. The van der Waals surface area contributed by atoms with Gasteiger partial charge < -0.3 is 17.2 Å². The Kier molecular flexibility index (Phi) is 4.67. The minimum Gasteiger partial charge on any atom is -0.370 e. The summed E-state index contributed by atoms with van der Waals surface area (Å²) in [6.07, 6.45) is 0. The molecule has 0 aliphatic heterocycles. The molecule has 0 saturated carbocycles. The van der Waals surface area contributed by atoms with Gasteiger partial charge in [-0.05, 0) is 18.2 Å². The summed E-state index contributed by atoms with van der Waals surface area (Å²) in [4.78, 5) is 7.68. The standard InChI is InChI=1S/C14H13Cl2N5/c15-11-4-2-1-3-9(11)10-6-5-8(7-12(10)16)20-14(19)21-13(17)18/h1-7H,(H6,17,18,19,20,21). The Balaban J connectivity index is 2.39. The van der Waals surface area contributed by atoms with Gasteiger partial charge in [-0.25, -0.2) is 4.99 Å². The van der Waals surface area contributed by atoms with Crippen molar-refractivity contribution in [2.45, 2.75) is 0 Å². The molecule has 0 radical (unpaired) electrons. The highest BCUT2D eigenvalue weighted by molar-refractivity contribution is 6.36. The van der Waals surface area contributed by atoms with Gasteiger partial charge in [0, 0.05) is 16.1 Å². The molecule has 0 aliphatic carbocycles. The molecular formula is C14H13Cl2N5. The van der Waals surface area contributed by atoms with Gasteiger partial charge in [-0.15, -0.1) is 0 Å². The molecule has 0 aliphatic rings. The highest BCUT2D eigenvalue weighted by atomic mass is 35.5. The van der Waals surface area contributed by atoms with Crippen LogP contribution in [-0.2, 0) is 0 Å². The highest BCUT2D eigenvalue weighted by Crippen LogP contribution is 2.35. The van der Waals surface area contributed by atoms with Gasteiger partial charge in [0.2, 0.25) is 5.96 Å². The van der Waals surface area contributed by atoms with Crippen molar-refractivity contribution < 1.29 is 0 Å². The number of guanidine groups is 2. The average molecular weight is 322 g/mol. The van der Waals surface area contributed by atoms with Gasteiger partial charge in [0.1, 0.15) is 0 Å². The molecule has 0 saturated heterocycles. The van der Waals surface area contributed by atoms with Gasteiger partial charge in [0.05, 0.1) is 10.7 Å². The Hall–Kier alpha value is -2.24. The van der Waals surface area contributed by atoms with Crippen molar-refractivity contribution in [1.29, 1.82) is 0 Å². The maximum absolute atomic E-state index is 6.27. The normalized spacial score (nSPS) is 11.2. The van der Waals surface area contributed by atoms with E-state index in [0.717, 1.165) is 11.1 Å². The number of halogens is 2. The second kappa shape index (κ2) is 6.47. The molecule has 5 nitrogen and oxygen atoms in total. The SMILES string of the molecule is NC(N)=NC(N)=Nc1ccc(-c2ccccc2Cl)c(Cl)c1. The summed E-state index contributed by atoms with van der Waals surface area (Å²) in [7, 11) is 0. The Morgan fingerprint density at radius 1 is 0.857 bits per heavy atom. The minimum absolute atomic E-state index is 0.0449. The van der Waals surface area contributed by atoms with Crippen LogP contribution in [0.4, 0.5) is 5.69 Å². The fraction of sp³-hybridized carbons (Fsp3) is 0. The number of nitrogens with zero attached hydrogens (tertiary/aromatic N) is 2. The molecule has 2 aromatic rings. The van der Waals surface area contributed by atoms with Crippen LogP contribution in [0.5, 0.6) is 0 Å². The van der Waals surface area contributed by atoms with E-state index < -0.39 is 0 Å². The number of rotatable bonds is 2. The number of benzene rings is 2. The molecule has 2 rings (SSSR count). The monoisotopic (exact) mass is 321 g/mol. The summed E-state index contributed by atoms with van der Waals surface area (Å²) in [6.45, 7) is 0. The Morgan fingerprint density at radius 2 is 1.52 bits per heavy atom. The van der Waals surface area contributed by atoms with E-state index in [-0.39, 0.29) is 11.9 Å². The molecule has 0 spiro atoms. The molecule has 0 amide bonds. The van der Waals surface area contributed by atoms with Gasteiger partial charge in [-0.3, -0.25) is 0 Å². The van der Waals surface area contributed by atoms with Crippen LogP contribution in [0.1, 0.15) is 0 Å². The number of hydrogen-bond donors (Lipinski definition) is 3. The average Bonchev–Trinajstić information content (AvgIpc) is 2.39. The van der Waals surface area contributed by atoms with Crippen LogP contribution >= 0.6 is 23.2 Å². The predicted octanol–water partition coefficient (Wildman–Crippen LogP) is 2.88. The Morgan fingerprint density at radius 3 is 2.14 bits per heavy atom. The largest absolute Gasteiger partial charge is 0.370 e. The lowest BCUT2D eigenvalue weighted by Gasteiger charge is -2.07.